The van der Waals surface area contributed by atoms with Gasteiger partial charge in [0.05, 0.1) is 6.10 Å². The average Bonchev–Trinajstić information content (AvgIpc) is 2.90. The zero-order chi connectivity index (χ0) is 14.5. The lowest BCUT2D eigenvalue weighted by Gasteiger charge is -2.21. The largest absolute Gasteiger partial charge is 0.391 e. The number of hydrogen-bond donors (Lipinski definition) is 2. The monoisotopic (exact) mass is 275 g/mol. The molecule has 0 bridgehead atoms. The lowest BCUT2D eigenvalue weighted by Crippen LogP contribution is -2.39. The molecular formula is C17H25NO2. The molecule has 0 radical (unpaired) electrons. The lowest BCUT2D eigenvalue weighted by atomic mass is 9.96. The van der Waals surface area contributed by atoms with Crippen LogP contribution in [0.5, 0.6) is 0 Å². The minimum absolute atomic E-state index is 0.0290. The minimum atomic E-state index is -0.433. The highest BCUT2D eigenvalue weighted by atomic mass is 16.3. The first-order chi connectivity index (χ1) is 9.65. The molecule has 1 aliphatic rings. The lowest BCUT2D eigenvalue weighted by molar-refractivity contribution is -0.125. The molecule has 0 saturated carbocycles. The summed E-state index contributed by atoms with van der Waals surface area (Å²) >= 11 is 0. The molecule has 2 N–H and O–H groups in total. The molecule has 1 aliphatic carbocycles. The van der Waals surface area contributed by atoms with Crippen LogP contribution < -0.4 is 5.32 Å². The SMILES string of the molecule is CCC(CC)C(O)CNC(=O)C1Cc2ccccc2C1. The molecule has 110 valence electrons. The third-order valence-electron chi connectivity index (χ3n) is 4.50. The van der Waals surface area contributed by atoms with Gasteiger partial charge in [0.15, 0.2) is 0 Å². The second kappa shape index (κ2) is 6.89. The number of benzene rings is 1. The normalized spacial score (nSPS) is 16.2. The number of carbonyl (C=O) groups is 1. The Labute approximate surface area is 121 Å². The number of carbonyl (C=O) groups excluding carboxylic acids is 1. The molecule has 2 rings (SSSR count). The van der Waals surface area contributed by atoms with E-state index in [1.807, 2.05) is 12.1 Å². The summed E-state index contributed by atoms with van der Waals surface area (Å²) in [6, 6.07) is 8.25. The number of amides is 1. The van der Waals surface area contributed by atoms with E-state index in [1.165, 1.54) is 11.1 Å². The molecular weight excluding hydrogens is 250 g/mol. The summed E-state index contributed by atoms with van der Waals surface area (Å²) in [7, 11) is 0. The number of aliphatic hydroxyl groups excluding tert-OH is 1. The van der Waals surface area contributed by atoms with Crippen LogP contribution in [0.2, 0.25) is 0 Å². The Hall–Kier alpha value is -1.35. The van der Waals surface area contributed by atoms with E-state index in [-0.39, 0.29) is 17.7 Å². The summed E-state index contributed by atoms with van der Waals surface area (Å²) in [4.78, 5) is 12.2. The van der Waals surface area contributed by atoms with Gasteiger partial charge in [-0.05, 0) is 29.9 Å². The highest BCUT2D eigenvalue weighted by molar-refractivity contribution is 5.80. The van der Waals surface area contributed by atoms with E-state index in [2.05, 4.69) is 31.3 Å². The molecule has 1 atom stereocenters. The first-order valence-electron chi connectivity index (χ1n) is 7.68. The third kappa shape index (κ3) is 3.40. The van der Waals surface area contributed by atoms with Crippen molar-refractivity contribution in [1.82, 2.24) is 5.32 Å². The van der Waals surface area contributed by atoms with Crippen LogP contribution in [0.1, 0.15) is 37.8 Å². The van der Waals surface area contributed by atoms with Crippen LogP contribution in [0.4, 0.5) is 0 Å². The van der Waals surface area contributed by atoms with Crippen molar-refractivity contribution in [2.45, 2.75) is 45.6 Å². The smallest absolute Gasteiger partial charge is 0.223 e. The Balaban J connectivity index is 1.82. The van der Waals surface area contributed by atoms with E-state index in [4.69, 9.17) is 0 Å². The van der Waals surface area contributed by atoms with Crippen molar-refractivity contribution < 1.29 is 9.90 Å². The summed E-state index contributed by atoms with van der Waals surface area (Å²) in [5, 5.41) is 13.0. The first-order valence-corrected chi connectivity index (χ1v) is 7.68. The summed E-state index contributed by atoms with van der Waals surface area (Å²) in [6.07, 6.45) is 3.11. The summed E-state index contributed by atoms with van der Waals surface area (Å²) in [6.45, 7) is 4.53. The zero-order valence-corrected chi connectivity index (χ0v) is 12.4. The number of hydrogen-bond acceptors (Lipinski definition) is 2. The van der Waals surface area contributed by atoms with Gasteiger partial charge >= 0.3 is 0 Å². The molecule has 1 aromatic carbocycles. The van der Waals surface area contributed by atoms with Crippen LogP contribution in [-0.4, -0.2) is 23.7 Å². The predicted octanol–water partition coefficient (Wildman–Crippen LogP) is 2.31. The van der Waals surface area contributed by atoms with Crippen LogP contribution in [0.25, 0.3) is 0 Å². The number of nitrogens with one attached hydrogen (secondary N) is 1. The van der Waals surface area contributed by atoms with Crippen molar-refractivity contribution in [2.75, 3.05) is 6.54 Å². The Morgan fingerprint density at radius 1 is 1.25 bits per heavy atom. The third-order valence-corrected chi connectivity index (χ3v) is 4.50. The Morgan fingerprint density at radius 2 is 1.80 bits per heavy atom. The Bertz CT molecular complexity index is 429. The van der Waals surface area contributed by atoms with Gasteiger partial charge in [-0.1, -0.05) is 51.0 Å². The maximum Gasteiger partial charge on any atom is 0.223 e. The fraction of sp³-hybridized carbons (Fsp3) is 0.588. The van der Waals surface area contributed by atoms with Gasteiger partial charge in [0.25, 0.3) is 0 Å². The topological polar surface area (TPSA) is 49.3 Å². The van der Waals surface area contributed by atoms with Crippen molar-refractivity contribution in [3.8, 4) is 0 Å². The quantitative estimate of drug-likeness (QED) is 0.837. The number of rotatable bonds is 6. The van der Waals surface area contributed by atoms with Crippen molar-refractivity contribution >= 4 is 5.91 Å². The van der Waals surface area contributed by atoms with Gasteiger partial charge in [-0.25, -0.2) is 0 Å². The minimum Gasteiger partial charge on any atom is -0.391 e. The predicted molar refractivity (Wildman–Crippen MR) is 80.4 cm³/mol. The van der Waals surface area contributed by atoms with Gasteiger partial charge in [-0.3, -0.25) is 4.79 Å². The molecule has 1 aromatic rings. The van der Waals surface area contributed by atoms with Crippen LogP contribution in [0.15, 0.2) is 24.3 Å². The zero-order valence-electron chi connectivity index (χ0n) is 12.4. The maximum absolute atomic E-state index is 12.2. The van der Waals surface area contributed by atoms with E-state index >= 15 is 0 Å². The molecule has 3 nitrogen and oxygen atoms in total. The van der Waals surface area contributed by atoms with E-state index in [0.717, 1.165) is 25.7 Å². The van der Waals surface area contributed by atoms with Gasteiger partial charge in [0.1, 0.15) is 0 Å². The van der Waals surface area contributed by atoms with E-state index < -0.39 is 6.10 Å². The molecule has 0 heterocycles. The van der Waals surface area contributed by atoms with Crippen LogP contribution in [0.3, 0.4) is 0 Å². The fourth-order valence-corrected chi connectivity index (χ4v) is 3.09. The van der Waals surface area contributed by atoms with Crippen molar-refractivity contribution in [2.24, 2.45) is 11.8 Å². The molecule has 1 amide bonds. The van der Waals surface area contributed by atoms with Gasteiger partial charge in [-0.2, -0.15) is 0 Å². The van der Waals surface area contributed by atoms with E-state index in [0.29, 0.717) is 6.54 Å². The fourth-order valence-electron chi connectivity index (χ4n) is 3.09. The Morgan fingerprint density at radius 3 is 2.30 bits per heavy atom. The van der Waals surface area contributed by atoms with Crippen molar-refractivity contribution in [3.63, 3.8) is 0 Å². The number of fused-ring (bicyclic) bond motifs is 1. The summed E-state index contributed by atoms with van der Waals surface area (Å²) < 4.78 is 0. The molecule has 1 unspecified atom stereocenters. The molecule has 0 aromatic heterocycles. The van der Waals surface area contributed by atoms with Crippen molar-refractivity contribution in [3.05, 3.63) is 35.4 Å². The van der Waals surface area contributed by atoms with Crippen LogP contribution in [-0.2, 0) is 17.6 Å². The van der Waals surface area contributed by atoms with Gasteiger partial charge < -0.3 is 10.4 Å². The molecule has 0 saturated heterocycles. The van der Waals surface area contributed by atoms with Gasteiger partial charge in [0, 0.05) is 12.5 Å². The molecule has 0 fully saturated rings. The van der Waals surface area contributed by atoms with Gasteiger partial charge in [-0.15, -0.1) is 0 Å². The Kier molecular flexibility index (Phi) is 5.18. The molecule has 20 heavy (non-hydrogen) atoms. The molecule has 0 spiro atoms. The van der Waals surface area contributed by atoms with E-state index in [1.54, 1.807) is 0 Å². The molecule has 0 aliphatic heterocycles. The average molecular weight is 275 g/mol. The second-order valence-corrected chi connectivity index (χ2v) is 5.76. The van der Waals surface area contributed by atoms with E-state index in [9.17, 15) is 9.90 Å². The van der Waals surface area contributed by atoms with Crippen molar-refractivity contribution in [1.29, 1.82) is 0 Å². The maximum atomic E-state index is 12.2. The first kappa shape index (κ1) is 15.0. The summed E-state index contributed by atoms with van der Waals surface area (Å²) in [5.41, 5.74) is 2.57. The second-order valence-electron chi connectivity index (χ2n) is 5.76. The molecule has 3 heteroatoms. The van der Waals surface area contributed by atoms with Crippen LogP contribution in [0, 0.1) is 11.8 Å². The standard InChI is InChI=1S/C17H25NO2/c1-3-12(4-2)16(19)11-18-17(20)15-9-13-7-5-6-8-14(13)10-15/h5-8,12,15-16,19H,3-4,9-11H2,1-2H3,(H,18,20). The van der Waals surface area contributed by atoms with Gasteiger partial charge in [0.2, 0.25) is 5.91 Å². The highest BCUT2D eigenvalue weighted by Gasteiger charge is 2.27. The summed E-state index contributed by atoms with van der Waals surface area (Å²) in [5.74, 6) is 0.378. The number of aliphatic hydroxyl groups is 1. The highest BCUT2D eigenvalue weighted by Crippen LogP contribution is 2.26. The van der Waals surface area contributed by atoms with Crippen LogP contribution >= 0.6 is 0 Å².